The van der Waals surface area contributed by atoms with Gasteiger partial charge in [0.1, 0.15) is 0 Å². The smallest absolute Gasteiger partial charge is 0.168 e. The average Bonchev–Trinajstić information content (AvgIpc) is 2.91. The van der Waals surface area contributed by atoms with Gasteiger partial charge in [-0.2, -0.15) is 0 Å². The van der Waals surface area contributed by atoms with Gasteiger partial charge in [0.2, 0.25) is 0 Å². The lowest BCUT2D eigenvalue weighted by Gasteiger charge is -2.18. The Morgan fingerprint density at radius 2 is 2.29 bits per heavy atom. The summed E-state index contributed by atoms with van der Waals surface area (Å²) in [5.74, 6) is 0.320. The number of benzene rings is 1. The van der Waals surface area contributed by atoms with E-state index in [4.69, 9.17) is 4.74 Å². The molecule has 17 heavy (non-hydrogen) atoms. The van der Waals surface area contributed by atoms with Crippen LogP contribution in [-0.2, 0) is 17.7 Å². The number of carbonyl (C=O) groups excluding carboxylic acids is 1. The molecule has 0 saturated carbocycles. The molecule has 90 valence electrons. The monoisotopic (exact) mass is 231 g/mol. The van der Waals surface area contributed by atoms with Gasteiger partial charge in [-0.1, -0.05) is 12.1 Å². The highest BCUT2D eigenvalue weighted by molar-refractivity contribution is 5.98. The molecule has 1 aromatic carbocycles. The summed E-state index contributed by atoms with van der Waals surface area (Å²) in [6.45, 7) is 3.24. The van der Waals surface area contributed by atoms with Crippen LogP contribution in [0.4, 0.5) is 0 Å². The summed E-state index contributed by atoms with van der Waals surface area (Å²) in [4.78, 5) is 12.2. The van der Waals surface area contributed by atoms with E-state index in [1.54, 1.807) is 0 Å². The molecule has 1 aromatic rings. The number of ketones is 1. The summed E-state index contributed by atoms with van der Waals surface area (Å²) in [7, 11) is 0. The molecule has 3 nitrogen and oxygen atoms in total. The number of ether oxygens (including phenoxy) is 1. The van der Waals surface area contributed by atoms with Crippen LogP contribution >= 0.6 is 0 Å². The Labute approximate surface area is 101 Å². The van der Waals surface area contributed by atoms with Crippen molar-refractivity contribution in [2.45, 2.75) is 19.4 Å². The zero-order valence-electron chi connectivity index (χ0n) is 9.87. The predicted molar refractivity (Wildman–Crippen MR) is 65.1 cm³/mol. The third kappa shape index (κ3) is 2.13. The number of Topliss-reactive ketones (excluding diaryl/α,β-unsaturated/α-hetero) is 1. The highest BCUT2D eigenvalue weighted by Crippen LogP contribution is 2.21. The largest absolute Gasteiger partial charge is 0.381 e. The molecule has 1 unspecified atom stereocenters. The molecule has 1 N–H and O–H groups in total. The van der Waals surface area contributed by atoms with Crippen LogP contribution in [0.25, 0.3) is 0 Å². The van der Waals surface area contributed by atoms with Crippen LogP contribution in [0.5, 0.6) is 0 Å². The van der Waals surface area contributed by atoms with Crippen LogP contribution in [0.15, 0.2) is 18.2 Å². The lowest BCUT2D eigenvalue weighted by Crippen LogP contribution is -2.24. The summed E-state index contributed by atoms with van der Waals surface area (Å²) >= 11 is 0. The third-order valence-electron chi connectivity index (χ3n) is 3.68. The normalized spacial score (nSPS) is 23.4. The summed E-state index contributed by atoms with van der Waals surface area (Å²) in [6.07, 6.45) is 1.94. The van der Waals surface area contributed by atoms with Crippen molar-refractivity contribution in [1.29, 1.82) is 0 Å². The number of hydrogen-bond acceptors (Lipinski definition) is 3. The van der Waals surface area contributed by atoms with Crippen LogP contribution in [-0.4, -0.2) is 25.5 Å². The maximum absolute atomic E-state index is 12.2. The maximum Gasteiger partial charge on any atom is 0.168 e. The van der Waals surface area contributed by atoms with Gasteiger partial charge in [-0.25, -0.2) is 0 Å². The van der Waals surface area contributed by atoms with Gasteiger partial charge in [0.25, 0.3) is 0 Å². The first-order valence-electron chi connectivity index (χ1n) is 6.29. The van der Waals surface area contributed by atoms with Crippen molar-refractivity contribution in [2.24, 2.45) is 5.92 Å². The minimum absolute atomic E-state index is 0.0737. The zero-order chi connectivity index (χ0) is 11.7. The second kappa shape index (κ2) is 4.59. The second-order valence-corrected chi connectivity index (χ2v) is 4.84. The molecule has 1 fully saturated rings. The number of fused-ring (bicyclic) bond motifs is 1. The molecule has 0 aliphatic carbocycles. The van der Waals surface area contributed by atoms with Gasteiger partial charge in [0.15, 0.2) is 5.78 Å². The number of hydrogen-bond donors (Lipinski definition) is 1. The fourth-order valence-corrected chi connectivity index (χ4v) is 2.61. The third-order valence-corrected chi connectivity index (χ3v) is 3.68. The fourth-order valence-electron chi connectivity index (χ4n) is 2.61. The molecule has 1 saturated heterocycles. The van der Waals surface area contributed by atoms with Crippen molar-refractivity contribution < 1.29 is 9.53 Å². The van der Waals surface area contributed by atoms with Crippen LogP contribution < -0.4 is 5.32 Å². The van der Waals surface area contributed by atoms with Gasteiger partial charge in [-0.3, -0.25) is 4.79 Å². The number of nitrogens with one attached hydrogen (secondary N) is 1. The Balaban J connectivity index is 1.85. The van der Waals surface area contributed by atoms with Crippen molar-refractivity contribution in [1.82, 2.24) is 5.32 Å². The van der Waals surface area contributed by atoms with Crippen molar-refractivity contribution in [3.8, 4) is 0 Å². The van der Waals surface area contributed by atoms with Crippen molar-refractivity contribution in [3.05, 3.63) is 34.9 Å². The Hall–Kier alpha value is -1.19. The molecule has 0 radical (unpaired) electrons. The maximum atomic E-state index is 12.2. The average molecular weight is 231 g/mol. The van der Waals surface area contributed by atoms with Crippen LogP contribution in [0.2, 0.25) is 0 Å². The molecule has 0 aromatic heterocycles. The van der Waals surface area contributed by atoms with Gasteiger partial charge in [-0.15, -0.1) is 0 Å². The van der Waals surface area contributed by atoms with Gasteiger partial charge >= 0.3 is 0 Å². The molecule has 2 aliphatic heterocycles. The first kappa shape index (κ1) is 10.9. The van der Waals surface area contributed by atoms with Crippen LogP contribution in [0, 0.1) is 5.92 Å². The molecular weight excluding hydrogens is 214 g/mol. The molecule has 0 amide bonds. The molecule has 0 spiro atoms. The fraction of sp³-hybridized carbons (Fsp3) is 0.500. The van der Waals surface area contributed by atoms with E-state index >= 15 is 0 Å². The molecular formula is C14H17NO2. The molecule has 3 heteroatoms. The van der Waals surface area contributed by atoms with E-state index in [0.717, 1.165) is 38.1 Å². The first-order chi connectivity index (χ1) is 8.34. The molecule has 3 rings (SSSR count). The van der Waals surface area contributed by atoms with Crippen molar-refractivity contribution >= 4 is 5.78 Å². The topological polar surface area (TPSA) is 38.3 Å². The van der Waals surface area contributed by atoms with Crippen LogP contribution in [0.3, 0.4) is 0 Å². The first-order valence-corrected chi connectivity index (χ1v) is 6.29. The molecule has 2 heterocycles. The van der Waals surface area contributed by atoms with E-state index in [-0.39, 0.29) is 11.7 Å². The Bertz CT molecular complexity index is 436. The summed E-state index contributed by atoms with van der Waals surface area (Å²) in [5.41, 5.74) is 3.51. The highest BCUT2D eigenvalue weighted by atomic mass is 16.5. The molecule has 2 aliphatic rings. The lowest BCUT2D eigenvalue weighted by molar-refractivity contribution is 0.0900. The van der Waals surface area contributed by atoms with Gasteiger partial charge in [-0.05, 0) is 36.6 Å². The van der Waals surface area contributed by atoms with Gasteiger partial charge in [0, 0.05) is 24.6 Å². The van der Waals surface area contributed by atoms with E-state index in [1.165, 1.54) is 11.1 Å². The minimum atomic E-state index is 0.0737. The Kier molecular flexibility index (Phi) is 2.95. The second-order valence-electron chi connectivity index (χ2n) is 4.84. The summed E-state index contributed by atoms with van der Waals surface area (Å²) < 4.78 is 5.28. The summed E-state index contributed by atoms with van der Waals surface area (Å²) in [5, 5.41) is 3.34. The van der Waals surface area contributed by atoms with Gasteiger partial charge in [0.05, 0.1) is 6.61 Å². The predicted octanol–water partition coefficient (Wildman–Crippen LogP) is 1.55. The van der Waals surface area contributed by atoms with E-state index in [2.05, 4.69) is 17.4 Å². The standard InChI is InChI=1S/C14H17NO2/c16-14(12-4-6-17-9-12)11-2-1-10-3-5-15-8-13(10)7-11/h1-2,7,12,15H,3-6,8-9H2. The number of carbonyl (C=O) groups is 1. The van der Waals surface area contributed by atoms with Crippen molar-refractivity contribution in [2.75, 3.05) is 19.8 Å². The Morgan fingerprint density at radius 3 is 3.12 bits per heavy atom. The minimum Gasteiger partial charge on any atom is -0.381 e. The highest BCUT2D eigenvalue weighted by Gasteiger charge is 2.25. The van der Waals surface area contributed by atoms with Crippen LogP contribution in [0.1, 0.15) is 27.9 Å². The summed E-state index contributed by atoms with van der Waals surface area (Å²) in [6, 6.07) is 6.15. The van der Waals surface area contributed by atoms with E-state index in [9.17, 15) is 4.79 Å². The van der Waals surface area contributed by atoms with E-state index < -0.39 is 0 Å². The molecule has 0 bridgehead atoms. The van der Waals surface area contributed by atoms with Crippen molar-refractivity contribution in [3.63, 3.8) is 0 Å². The molecule has 1 atom stereocenters. The zero-order valence-corrected chi connectivity index (χ0v) is 9.87. The van der Waals surface area contributed by atoms with Gasteiger partial charge < -0.3 is 10.1 Å². The SMILES string of the molecule is O=C(c1ccc2c(c1)CNCC2)C1CCOC1. The van der Waals surface area contributed by atoms with E-state index in [0.29, 0.717) is 6.61 Å². The quantitative estimate of drug-likeness (QED) is 0.785. The lowest BCUT2D eigenvalue weighted by atomic mass is 9.92. The van der Waals surface area contributed by atoms with E-state index in [1.807, 2.05) is 6.07 Å². The Morgan fingerprint density at radius 1 is 1.35 bits per heavy atom. The number of rotatable bonds is 2.